The molecule has 0 bridgehead atoms. The van der Waals surface area contributed by atoms with Gasteiger partial charge < -0.3 is 10.2 Å². The van der Waals surface area contributed by atoms with Gasteiger partial charge in [-0.15, -0.1) is 12.3 Å². The molecule has 0 fully saturated rings. The van der Waals surface area contributed by atoms with Crippen LogP contribution in [0.25, 0.3) is 0 Å². The van der Waals surface area contributed by atoms with Crippen molar-refractivity contribution in [3.8, 4) is 12.3 Å². The van der Waals surface area contributed by atoms with Gasteiger partial charge in [0.25, 0.3) is 0 Å². The standard InChI is InChI=1S/C10H18O2/c1-4-7-10(12,8-5-2)9(11)6-3/h1,9,11-12H,5-8H2,2-3H3. The SMILES string of the molecule is C#CCC(O)(CCC)C(O)CC. The number of rotatable bonds is 5. The third kappa shape index (κ3) is 2.84. The number of terminal acetylenes is 1. The van der Waals surface area contributed by atoms with Gasteiger partial charge in [0.05, 0.1) is 6.10 Å². The molecule has 0 spiro atoms. The zero-order valence-electron chi connectivity index (χ0n) is 7.88. The maximum absolute atomic E-state index is 9.89. The molecule has 0 aromatic heterocycles. The first-order valence-corrected chi connectivity index (χ1v) is 4.44. The maximum Gasteiger partial charge on any atom is 0.101 e. The molecule has 0 aliphatic rings. The smallest absolute Gasteiger partial charge is 0.101 e. The Bertz CT molecular complexity index is 160. The Morgan fingerprint density at radius 3 is 2.42 bits per heavy atom. The highest BCUT2D eigenvalue weighted by Crippen LogP contribution is 2.23. The van der Waals surface area contributed by atoms with E-state index >= 15 is 0 Å². The predicted molar refractivity (Wildman–Crippen MR) is 49.6 cm³/mol. The Morgan fingerprint density at radius 1 is 1.50 bits per heavy atom. The highest BCUT2D eigenvalue weighted by Gasteiger charge is 2.32. The maximum atomic E-state index is 9.89. The number of aliphatic hydroxyl groups is 2. The van der Waals surface area contributed by atoms with E-state index in [4.69, 9.17) is 6.42 Å². The van der Waals surface area contributed by atoms with Gasteiger partial charge in [0, 0.05) is 6.42 Å². The van der Waals surface area contributed by atoms with Crippen LogP contribution in [0.4, 0.5) is 0 Å². The quantitative estimate of drug-likeness (QED) is 0.611. The summed E-state index contributed by atoms with van der Waals surface area (Å²) in [5, 5.41) is 19.4. The Balaban J connectivity index is 4.28. The Labute approximate surface area is 74.6 Å². The molecule has 0 rings (SSSR count). The highest BCUT2D eigenvalue weighted by molar-refractivity contribution is 4.98. The van der Waals surface area contributed by atoms with Crippen LogP contribution in [-0.4, -0.2) is 21.9 Å². The summed E-state index contributed by atoms with van der Waals surface area (Å²) in [6.07, 6.45) is 6.58. The Morgan fingerprint density at radius 2 is 2.08 bits per heavy atom. The van der Waals surface area contributed by atoms with Crippen LogP contribution < -0.4 is 0 Å². The van der Waals surface area contributed by atoms with Crippen molar-refractivity contribution in [2.75, 3.05) is 0 Å². The summed E-state index contributed by atoms with van der Waals surface area (Å²) in [6.45, 7) is 3.80. The van der Waals surface area contributed by atoms with Gasteiger partial charge in [-0.3, -0.25) is 0 Å². The number of hydrogen-bond donors (Lipinski definition) is 2. The van der Waals surface area contributed by atoms with Gasteiger partial charge in [-0.2, -0.15) is 0 Å². The van der Waals surface area contributed by atoms with Gasteiger partial charge in [-0.25, -0.2) is 0 Å². The monoisotopic (exact) mass is 170 g/mol. The molecule has 70 valence electrons. The molecule has 0 saturated heterocycles. The second kappa shape index (κ2) is 5.18. The van der Waals surface area contributed by atoms with E-state index in [2.05, 4.69) is 5.92 Å². The summed E-state index contributed by atoms with van der Waals surface area (Å²) in [7, 11) is 0. The van der Waals surface area contributed by atoms with Gasteiger partial charge in [0.15, 0.2) is 0 Å². The zero-order chi connectivity index (χ0) is 9.61. The fourth-order valence-corrected chi connectivity index (χ4v) is 1.36. The van der Waals surface area contributed by atoms with Crippen LogP contribution in [0.3, 0.4) is 0 Å². The van der Waals surface area contributed by atoms with Crippen LogP contribution in [0.15, 0.2) is 0 Å². The van der Waals surface area contributed by atoms with Crippen LogP contribution in [-0.2, 0) is 0 Å². The Hall–Kier alpha value is -0.520. The normalized spacial score (nSPS) is 17.9. The van der Waals surface area contributed by atoms with E-state index in [-0.39, 0.29) is 6.42 Å². The van der Waals surface area contributed by atoms with Gasteiger partial charge in [-0.05, 0) is 12.8 Å². The first kappa shape index (κ1) is 11.5. The third-order valence-electron chi connectivity index (χ3n) is 2.10. The lowest BCUT2D eigenvalue weighted by atomic mass is 9.87. The molecular weight excluding hydrogens is 152 g/mol. The molecule has 2 nitrogen and oxygen atoms in total. The lowest BCUT2D eigenvalue weighted by Gasteiger charge is -2.30. The molecule has 2 unspecified atom stereocenters. The fraction of sp³-hybridized carbons (Fsp3) is 0.800. The highest BCUT2D eigenvalue weighted by atomic mass is 16.3. The van der Waals surface area contributed by atoms with Crippen molar-refractivity contribution in [1.29, 1.82) is 0 Å². The van der Waals surface area contributed by atoms with Crippen molar-refractivity contribution in [3.05, 3.63) is 0 Å². The minimum absolute atomic E-state index is 0.232. The Kier molecular flexibility index (Phi) is 4.96. The first-order valence-electron chi connectivity index (χ1n) is 4.44. The van der Waals surface area contributed by atoms with E-state index in [0.29, 0.717) is 12.8 Å². The average Bonchev–Trinajstić information content (AvgIpc) is 2.04. The largest absolute Gasteiger partial charge is 0.390 e. The molecule has 0 heterocycles. The van der Waals surface area contributed by atoms with Gasteiger partial charge in [0.2, 0.25) is 0 Å². The van der Waals surface area contributed by atoms with Crippen molar-refractivity contribution in [3.63, 3.8) is 0 Å². The topological polar surface area (TPSA) is 40.5 Å². The third-order valence-corrected chi connectivity index (χ3v) is 2.10. The van der Waals surface area contributed by atoms with E-state index < -0.39 is 11.7 Å². The van der Waals surface area contributed by atoms with Crippen LogP contribution in [0.5, 0.6) is 0 Å². The molecule has 0 aliphatic carbocycles. The molecule has 12 heavy (non-hydrogen) atoms. The lowest BCUT2D eigenvalue weighted by molar-refractivity contribution is -0.0781. The lowest BCUT2D eigenvalue weighted by Crippen LogP contribution is -2.41. The number of aliphatic hydroxyl groups excluding tert-OH is 1. The molecule has 0 aliphatic heterocycles. The van der Waals surface area contributed by atoms with Gasteiger partial charge in [0.1, 0.15) is 5.60 Å². The van der Waals surface area contributed by atoms with Crippen molar-refractivity contribution in [2.45, 2.75) is 51.2 Å². The van der Waals surface area contributed by atoms with Crippen LogP contribution in [0.2, 0.25) is 0 Å². The van der Waals surface area contributed by atoms with E-state index in [9.17, 15) is 10.2 Å². The summed E-state index contributed by atoms with van der Waals surface area (Å²) in [5.41, 5.74) is -1.07. The van der Waals surface area contributed by atoms with Gasteiger partial charge in [-0.1, -0.05) is 20.3 Å². The molecule has 0 amide bonds. The summed E-state index contributed by atoms with van der Waals surface area (Å²) in [5.74, 6) is 2.40. The fourth-order valence-electron chi connectivity index (χ4n) is 1.36. The molecule has 0 saturated carbocycles. The van der Waals surface area contributed by atoms with Crippen LogP contribution in [0, 0.1) is 12.3 Å². The molecule has 2 heteroatoms. The predicted octanol–water partition coefficient (Wildman–Crippen LogP) is 1.31. The second-order valence-corrected chi connectivity index (χ2v) is 3.16. The summed E-state index contributed by atoms with van der Waals surface area (Å²) < 4.78 is 0. The first-order chi connectivity index (χ1) is 5.60. The van der Waals surface area contributed by atoms with E-state index in [1.165, 1.54) is 0 Å². The van der Waals surface area contributed by atoms with E-state index in [1.54, 1.807) is 0 Å². The molecule has 0 aromatic rings. The molecule has 2 N–H and O–H groups in total. The second-order valence-electron chi connectivity index (χ2n) is 3.16. The molecule has 2 atom stereocenters. The summed E-state index contributed by atoms with van der Waals surface area (Å²) >= 11 is 0. The minimum atomic E-state index is -1.07. The minimum Gasteiger partial charge on any atom is -0.390 e. The van der Waals surface area contributed by atoms with Crippen LogP contribution in [0.1, 0.15) is 39.5 Å². The summed E-state index contributed by atoms with van der Waals surface area (Å²) in [4.78, 5) is 0. The number of hydrogen-bond acceptors (Lipinski definition) is 2. The van der Waals surface area contributed by atoms with Crippen molar-refractivity contribution in [1.82, 2.24) is 0 Å². The van der Waals surface area contributed by atoms with Crippen molar-refractivity contribution in [2.24, 2.45) is 0 Å². The van der Waals surface area contributed by atoms with Crippen LogP contribution >= 0.6 is 0 Å². The molecule has 0 aromatic carbocycles. The molecular formula is C10H18O2. The van der Waals surface area contributed by atoms with E-state index in [0.717, 1.165) is 6.42 Å². The average molecular weight is 170 g/mol. The summed E-state index contributed by atoms with van der Waals surface area (Å²) in [6, 6.07) is 0. The zero-order valence-corrected chi connectivity index (χ0v) is 7.88. The van der Waals surface area contributed by atoms with Crippen molar-refractivity contribution >= 4 is 0 Å². The van der Waals surface area contributed by atoms with E-state index in [1.807, 2.05) is 13.8 Å². The molecule has 0 radical (unpaired) electrons. The van der Waals surface area contributed by atoms with Crippen molar-refractivity contribution < 1.29 is 10.2 Å². The van der Waals surface area contributed by atoms with Gasteiger partial charge >= 0.3 is 0 Å².